The second-order valence-electron chi connectivity index (χ2n) is 7.14. The van der Waals surface area contributed by atoms with Gasteiger partial charge in [0.1, 0.15) is 17.9 Å². The second-order valence-corrected chi connectivity index (χ2v) is 7.14. The number of aryl methyl sites for hydroxylation is 2. The summed E-state index contributed by atoms with van der Waals surface area (Å²) >= 11 is 0. The van der Waals surface area contributed by atoms with Crippen molar-refractivity contribution in [2.75, 3.05) is 5.32 Å². The summed E-state index contributed by atoms with van der Waals surface area (Å²) in [4.78, 5) is 15.8. The molecule has 0 atom stereocenters. The van der Waals surface area contributed by atoms with E-state index in [1.54, 1.807) is 6.33 Å². The number of anilines is 2. The number of hydrogen-bond acceptors (Lipinski definition) is 7. The standard InChI is InChI=1S/C21H20N6O/c1-13-17(14(2)28-26-13)9-27-10-18-20(11-27)23-12-24-21(18)25-16-7-15-5-3-4-6-19(15)22-8-16/h3-8,12H,9-11H2,1-2H3,(H,23,24,25). The van der Waals surface area contributed by atoms with Crippen molar-refractivity contribution in [3.63, 3.8) is 0 Å². The molecule has 0 saturated heterocycles. The molecule has 1 N–H and O–H groups in total. The van der Waals surface area contributed by atoms with Crippen molar-refractivity contribution in [3.05, 3.63) is 71.1 Å². The highest BCUT2D eigenvalue weighted by molar-refractivity contribution is 5.82. The average molecular weight is 372 g/mol. The van der Waals surface area contributed by atoms with Gasteiger partial charge in [0.05, 0.1) is 28.8 Å². The zero-order valence-electron chi connectivity index (χ0n) is 15.8. The molecular formula is C21H20N6O. The Morgan fingerprint density at radius 3 is 2.86 bits per heavy atom. The quantitative estimate of drug-likeness (QED) is 0.582. The molecule has 1 aliphatic heterocycles. The molecule has 0 aliphatic carbocycles. The Bertz CT molecular complexity index is 1150. The van der Waals surface area contributed by atoms with Gasteiger partial charge in [0.2, 0.25) is 0 Å². The maximum absolute atomic E-state index is 5.30. The Labute approximate surface area is 162 Å². The lowest BCUT2D eigenvalue weighted by atomic mass is 10.2. The van der Waals surface area contributed by atoms with Crippen LogP contribution in [0.5, 0.6) is 0 Å². The first-order valence-corrected chi connectivity index (χ1v) is 9.26. The van der Waals surface area contributed by atoms with Gasteiger partial charge in [-0.25, -0.2) is 9.97 Å². The Hall–Kier alpha value is -3.32. The molecule has 1 aromatic carbocycles. The molecule has 0 fully saturated rings. The molecule has 4 aromatic rings. The van der Waals surface area contributed by atoms with E-state index in [9.17, 15) is 0 Å². The lowest BCUT2D eigenvalue weighted by Gasteiger charge is -2.14. The first-order chi connectivity index (χ1) is 13.7. The van der Waals surface area contributed by atoms with Crippen LogP contribution in [0, 0.1) is 13.8 Å². The molecule has 140 valence electrons. The van der Waals surface area contributed by atoms with E-state index < -0.39 is 0 Å². The Morgan fingerprint density at radius 1 is 1.11 bits per heavy atom. The molecule has 4 heterocycles. The number of hydrogen-bond donors (Lipinski definition) is 1. The van der Waals surface area contributed by atoms with Crippen LogP contribution in [0.2, 0.25) is 0 Å². The number of para-hydroxylation sites is 1. The lowest BCUT2D eigenvalue weighted by Crippen LogP contribution is -2.16. The van der Waals surface area contributed by atoms with Gasteiger partial charge in [-0.15, -0.1) is 0 Å². The summed E-state index contributed by atoms with van der Waals surface area (Å²) in [6.07, 6.45) is 3.46. The summed E-state index contributed by atoms with van der Waals surface area (Å²) < 4.78 is 5.30. The van der Waals surface area contributed by atoms with Crippen molar-refractivity contribution < 1.29 is 4.52 Å². The van der Waals surface area contributed by atoms with Gasteiger partial charge in [0.25, 0.3) is 0 Å². The number of nitrogens with zero attached hydrogens (tertiary/aromatic N) is 5. The topological polar surface area (TPSA) is 80.0 Å². The fraction of sp³-hybridized carbons (Fsp3) is 0.238. The summed E-state index contributed by atoms with van der Waals surface area (Å²) in [5, 5.41) is 8.58. The minimum Gasteiger partial charge on any atom is -0.361 e. The van der Waals surface area contributed by atoms with Crippen LogP contribution < -0.4 is 5.32 Å². The number of nitrogens with one attached hydrogen (secondary N) is 1. The van der Waals surface area contributed by atoms with Gasteiger partial charge in [-0.3, -0.25) is 9.88 Å². The van der Waals surface area contributed by atoms with Crippen LogP contribution in [0.25, 0.3) is 10.9 Å². The van der Waals surface area contributed by atoms with E-state index in [1.165, 1.54) is 0 Å². The Balaban J connectivity index is 1.39. The van der Waals surface area contributed by atoms with Crippen LogP contribution in [-0.4, -0.2) is 25.0 Å². The van der Waals surface area contributed by atoms with Gasteiger partial charge in [0.15, 0.2) is 0 Å². The number of pyridine rings is 1. The molecule has 0 amide bonds. The molecule has 3 aromatic heterocycles. The first kappa shape index (κ1) is 16.8. The van der Waals surface area contributed by atoms with Crippen LogP contribution in [0.3, 0.4) is 0 Å². The van der Waals surface area contributed by atoms with Gasteiger partial charge in [-0.1, -0.05) is 23.4 Å². The smallest absolute Gasteiger partial charge is 0.138 e. The fourth-order valence-electron chi connectivity index (χ4n) is 3.69. The van der Waals surface area contributed by atoms with E-state index in [4.69, 9.17) is 4.52 Å². The van der Waals surface area contributed by atoms with Gasteiger partial charge in [-0.2, -0.15) is 0 Å². The van der Waals surface area contributed by atoms with Crippen LogP contribution in [0.4, 0.5) is 11.5 Å². The molecule has 0 bridgehead atoms. The minimum atomic E-state index is 0.781. The summed E-state index contributed by atoms with van der Waals surface area (Å²) in [7, 11) is 0. The van der Waals surface area contributed by atoms with E-state index in [2.05, 4.69) is 42.5 Å². The van der Waals surface area contributed by atoms with Gasteiger partial charge >= 0.3 is 0 Å². The van der Waals surface area contributed by atoms with Crippen molar-refractivity contribution in [1.82, 2.24) is 25.0 Å². The third-order valence-corrected chi connectivity index (χ3v) is 5.21. The van der Waals surface area contributed by atoms with E-state index >= 15 is 0 Å². The van der Waals surface area contributed by atoms with E-state index in [-0.39, 0.29) is 0 Å². The number of benzene rings is 1. The van der Waals surface area contributed by atoms with Crippen LogP contribution in [0.15, 0.2) is 47.4 Å². The van der Waals surface area contributed by atoms with Gasteiger partial charge in [-0.05, 0) is 26.0 Å². The maximum Gasteiger partial charge on any atom is 0.138 e. The number of rotatable bonds is 4. The predicted molar refractivity (Wildman–Crippen MR) is 106 cm³/mol. The van der Waals surface area contributed by atoms with Crippen LogP contribution in [-0.2, 0) is 19.6 Å². The molecule has 5 rings (SSSR count). The number of aromatic nitrogens is 4. The SMILES string of the molecule is Cc1noc(C)c1CN1Cc2ncnc(Nc3cnc4ccccc4c3)c2C1. The highest BCUT2D eigenvalue weighted by Gasteiger charge is 2.25. The Kier molecular flexibility index (Phi) is 4.02. The number of fused-ring (bicyclic) bond motifs is 2. The summed E-state index contributed by atoms with van der Waals surface area (Å²) in [6.45, 7) is 6.29. The van der Waals surface area contributed by atoms with Crippen molar-refractivity contribution >= 4 is 22.4 Å². The minimum absolute atomic E-state index is 0.781. The molecule has 0 unspecified atom stereocenters. The maximum atomic E-state index is 5.30. The predicted octanol–water partition coefficient (Wildman–Crippen LogP) is 3.89. The third-order valence-electron chi connectivity index (χ3n) is 5.21. The molecule has 0 radical (unpaired) electrons. The second kappa shape index (κ2) is 6.69. The summed E-state index contributed by atoms with van der Waals surface area (Å²) in [6, 6.07) is 10.2. The average Bonchev–Trinajstić information content (AvgIpc) is 3.27. The van der Waals surface area contributed by atoms with Crippen LogP contribution >= 0.6 is 0 Å². The summed E-state index contributed by atoms with van der Waals surface area (Å²) in [5.74, 6) is 1.71. The molecule has 0 saturated carbocycles. The molecule has 7 nitrogen and oxygen atoms in total. The van der Waals surface area contributed by atoms with Gasteiger partial charge < -0.3 is 9.84 Å². The van der Waals surface area contributed by atoms with Crippen molar-refractivity contribution in [3.8, 4) is 0 Å². The van der Waals surface area contributed by atoms with Crippen LogP contribution in [0.1, 0.15) is 28.3 Å². The van der Waals surface area contributed by atoms with E-state index in [1.807, 2.05) is 38.2 Å². The summed E-state index contributed by atoms with van der Waals surface area (Å²) in [5.41, 5.74) is 6.17. The molecular weight excluding hydrogens is 352 g/mol. The first-order valence-electron chi connectivity index (χ1n) is 9.26. The molecule has 7 heteroatoms. The van der Waals surface area contributed by atoms with Crippen molar-refractivity contribution in [1.29, 1.82) is 0 Å². The van der Waals surface area contributed by atoms with Crippen molar-refractivity contribution in [2.24, 2.45) is 0 Å². The van der Waals surface area contributed by atoms with E-state index in [0.29, 0.717) is 0 Å². The molecule has 0 spiro atoms. The largest absolute Gasteiger partial charge is 0.361 e. The zero-order valence-corrected chi connectivity index (χ0v) is 15.8. The van der Waals surface area contributed by atoms with Crippen molar-refractivity contribution in [2.45, 2.75) is 33.5 Å². The van der Waals surface area contributed by atoms with Gasteiger partial charge in [0, 0.05) is 36.1 Å². The molecule has 28 heavy (non-hydrogen) atoms. The monoisotopic (exact) mass is 372 g/mol. The highest BCUT2D eigenvalue weighted by atomic mass is 16.5. The molecule has 1 aliphatic rings. The fourth-order valence-corrected chi connectivity index (χ4v) is 3.69. The third kappa shape index (κ3) is 2.99. The zero-order chi connectivity index (χ0) is 19.1. The highest BCUT2D eigenvalue weighted by Crippen LogP contribution is 2.30. The Morgan fingerprint density at radius 2 is 2.00 bits per heavy atom. The lowest BCUT2D eigenvalue weighted by molar-refractivity contribution is 0.271. The normalized spacial score (nSPS) is 13.8. The van der Waals surface area contributed by atoms with E-state index in [0.717, 1.165) is 70.3 Å².